The number of benzene rings is 1. The number of Topliss-reactive ketones (excluding diaryl/α,β-unsaturated/α-hetero) is 1. The fraction of sp³-hybridized carbons (Fsp3) is 0.650. The molecule has 2 saturated carbocycles. The van der Waals surface area contributed by atoms with Gasteiger partial charge in [0.2, 0.25) is 27.4 Å². The van der Waals surface area contributed by atoms with Gasteiger partial charge >= 0.3 is 18.2 Å². The van der Waals surface area contributed by atoms with Gasteiger partial charge in [0.25, 0.3) is 0 Å². The molecule has 17 heteroatoms. The van der Waals surface area contributed by atoms with Gasteiger partial charge in [0.05, 0.1) is 48.2 Å². The lowest BCUT2D eigenvalue weighted by Gasteiger charge is -2.34. The van der Waals surface area contributed by atoms with Crippen LogP contribution >= 0.6 is 0 Å². The van der Waals surface area contributed by atoms with Crippen LogP contribution in [0.1, 0.15) is 91.9 Å². The summed E-state index contributed by atoms with van der Waals surface area (Å²) in [6.45, 7) is 5.16. The van der Waals surface area contributed by atoms with E-state index >= 15 is 0 Å². The van der Waals surface area contributed by atoms with Crippen molar-refractivity contribution in [3.63, 3.8) is 0 Å². The minimum Gasteiger partial charge on any atom is -0.497 e. The van der Waals surface area contributed by atoms with Gasteiger partial charge in [-0.1, -0.05) is 32.4 Å². The summed E-state index contributed by atoms with van der Waals surface area (Å²) in [7, 11) is -2.42. The Morgan fingerprint density at radius 3 is 2.51 bits per heavy atom. The lowest BCUT2D eigenvalue weighted by Crippen LogP contribution is -2.48. The van der Waals surface area contributed by atoms with E-state index in [4.69, 9.17) is 14.2 Å². The van der Waals surface area contributed by atoms with Crippen molar-refractivity contribution in [3.05, 3.63) is 36.5 Å². The molecule has 0 bridgehead atoms. The van der Waals surface area contributed by atoms with Crippen LogP contribution in [-0.2, 0) is 33.9 Å². The van der Waals surface area contributed by atoms with Crippen LogP contribution in [0.4, 0.5) is 13.2 Å². The van der Waals surface area contributed by atoms with Gasteiger partial charge in [-0.15, -0.1) is 0 Å². The number of allylic oxidation sites excluding steroid dienone is 2. The molecule has 7 atom stereocenters. The van der Waals surface area contributed by atoms with Crippen molar-refractivity contribution in [1.29, 1.82) is 0 Å². The second-order valence-corrected chi connectivity index (χ2v) is 18.6. The Balaban J connectivity index is 1.35. The Kier molecular flexibility index (Phi) is 12.0. The zero-order valence-electron chi connectivity index (χ0n) is 32.8. The van der Waals surface area contributed by atoms with E-state index in [9.17, 15) is 40.8 Å². The molecule has 0 unspecified atom stereocenters. The molecule has 2 aliphatic heterocycles. The maximum Gasteiger partial charge on any atom is 0.427 e. The van der Waals surface area contributed by atoms with E-state index in [0.29, 0.717) is 55.2 Å². The standard InChI is InChI=1S/C40H51F3N4O9S/c1-6-24-15-23(2)9-7-8-10-26-19-39(26,36(51)46-57(52,53)29-13-14-29)20-33(48)32-17-28(55-37-44-21-25-11-12-27(54-5)16-31(25)45-37)22-47(32)35(50)30(24)18-34(49)56-38(3,4)40(41,42)43/h8,10-12,16,21,23-24,26,28-30,32H,6-7,9,13-15,17-20,22H2,1-5H3,(H,46,51)/b10-8-/t23-,24-,26-,28-,30+,32+,39-/m1/s1. The molecule has 4 aliphatic rings. The van der Waals surface area contributed by atoms with E-state index in [1.807, 2.05) is 26.0 Å². The molecule has 312 valence electrons. The summed E-state index contributed by atoms with van der Waals surface area (Å²) in [6, 6.07) is 4.01. The minimum absolute atomic E-state index is 0.0226. The highest BCUT2D eigenvalue weighted by molar-refractivity contribution is 7.90. The molecule has 2 aromatic rings. The van der Waals surface area contributed by atoms with E-state index in [-0.39, 0.29) is 37.7 Å². The number of ether oxygens (including phenoxy) is 3. The highest BCUT2D eigenvalue weighted by Crippen LogP contribution is 2.57. The summed E-state index contributed by atoms with van der Waals surface area (Å²) in [4.78, 5) is 66.7. The van der Waals surface area contributed by atoms with Crippen molar-refractivity contribution in [2.24, 2.45) is 29.1 Å². The van der Waals surface area contributed by atoms with Crippen LogP contribution in [-0.4, -0.2) is 89.7 Å². The number of rotatable bonds is 10. The van der Waals surface area contributed by atoms with Crippen LogP contribution in [0.2, 0.25) is 0 Å². The Labute approximate surface area is 330 Å². The van der Waals surface area contributed by atoms with Crippen molar-refractivity contribution in [3.8, 4) is 11.8 Å². The van der Waals surface area contributed by atoms with Crippen molar-refractivity contribution >= 4 is 44.5 Å². The number of alkyl halides is 3. The number of nitrogens with zero attached hydrogens (tertiary/aromatic N) is 3. The van der Waals surface area contributed by atoms with E-state index in [1.54, 1.807) is 24.4 Å². The van der Waals surface area contributed by atoms with Crippen molar-refractivity contribution < 1.29 is 55.0 Å². The second kappa shape index (κ2) is 16.2. The number of carbonyl (C=O) groups excluding carboxylic acids is 4. The molecule has 0 radical (unpaired) electrons. The molecule has 2 amide bonds. The number of carbonyl (C=O) groups is 4. The average Bonchev–Trinajstić information content (AvgIpc) is 4.07. The average molecular weight is 821 g/mol. The number of hydrogen-bond acceptors (Lipinski definition) is 11. The van der Waals surface area contributed by atoms with Crippen molar-refractivity contribution in [2.75, 3.05) is 13.7 Å². The van der Waals surface area contributed by atoms with Gasteiger partial charge in [-0.3, -0.25) is 23.9 Å². The maximum absolute atomic E-state index is 14.9. The van der Waals surface area contributed by atoms with E-state index in [1.165, 1.54) is 12.0 Å². The number of methoxy groups -OCH3 is 1. The smallest absolute Gasteiger partial charge is 0.427 e. The van der Waals surface area contributed by atoms with Gasteiger partial charge in [0, 0.05) is 30.5 Å². The van der Waals surface area contributed by atoms with Gasteiger partial charge in [0.1, 0.15) is 11.9 Å². The number of fused-ring (bicyclic) bond motifs is 3. The Hall–Kier alpha value is -4.28. The summed E-state index contributed by atoms with van der Waals surface area (Å²) in [5.74, 6) is -4.56. The molecule has 0 spiro atoms. The first kappa shape index (κ1) is 42.3. The molecule has 1 N–H and O–H groups in total. The highest BCUT2D eigenvalue weighted by atomic mass is 32.2. The summed E-state index contributed by atoms with van der Waals surface area (Å²) >= 11 is 0. The van der Waals surface area contributed by atoms with Crippen molar-refractivity contribution in [1.82, 2.24) is 19.6 Å². The third-order valence-electron chi connectivity index (χ3n) is 12.0. The molecule has 1 saturated heterocycles. The molecule has 1 aromatic heterocycles. The predicted molar refractivity (Wildman–Crippen MR) is 201 cm³/mol. The lowest BCUT2D eigenvalue weighted by atomic mass is 9.79. The molecule has 1 aromatic carbocycles. The fourth-order valence-electron chi connectivity index (χ4n) is 8.13. The predicted octanol–water partition coefficient (Wildman–Crippen LogP) is 5.85. The number of sulfonamides is 1. The van der Waals surface area contributed by atoms with Gasteiger partial charge in [-0.2, -0.15) is 18.2 Å². The first-order valence-electron chi connectivity index (χ1n) is 19.6. The zero-order valence-corrected chi connectivity index (χ0v) is 33.7. The first-order chi connectivity index (χ1) is 26.8. The number of hydrogen-bond donors (Lipinski definition) is 1. The zero-order chi connectivity index (χ0) is 41.5. The Morgan fingerprint density at radius 2 is 1.84 bits per heavy atom. The quantitative estimate of drug-likeness (QED) is 0.225. The molecule has 3 fully saturated rings. The summed E-state index contributed by atoms with van der Waals surface area (Å²) < 4.78 is 85.8. The van der Waals surface area contributed by atoms with Crippen LogP contribution in [0.15, 0.2) is 36.5 Å². The number of nitrogens with one attached hydrogen (secondary N) is 1. The third kappa shape index (κ3) is 9.38. The molecule has 2 aliphatic carbocycles. The monoisotopic (exact) mass is 820 g/mol. The number of amides is 2. The SMILES string of the molecule is CC[C@@H]1C[C@H](C)CC/C=C\[C@@H]2C[C@@]2(C(=O)NS(=O)(=O)C2CC2)CC(=O)[C@@H]2C[C@@H](Oc3ncc4ccc(OC)cc4n3)CN2C(=O)[C@H]1CC(=O)OC(C)(C)C(F)(F)F. The summed E-state index contributed by atoms with van der Waals surface area (Å²) in [5.41, 5.74) is -3.67. The van der Waals surface area contributed by atoms with Gasteiger partial charge < -0.3 is 19.1 Å². The largest absolute Gasteiger partial charge is 0.497 e. The van der Waals surface area contributed by atoms with Crippen LogP contribution in [0.5, 0.6) is 11.8 Å². The Morgan fingerprint density at radius 1 is 1.11 bits per heavy atom. The first-order valence-corrected chi connectivity index (χ1v) is 21.1. The van der Waals surface area contributed by atoms with Crippen LogP contribution in [0, 0.1) is 29.1 Å². The number of aromatic nitrogens is 2. The lowest BCUT2D eigenvalue weighted by molar-refractivity contribution is -0.257. The topological polar surface area (TPSA) is 171 Å². The van der Waals surface area contributed by atoms with E-state index < -0.39 is 92.4 Å². The van der Waals surface area contributed by atoms with Gasteiger partial charge in [-0.25, -0.2) is 13.4 Å². The number of esters is 1. The maximum atomic E-state index is 14.9. The number of halogens is 3. The third-order valence-corrected chi connectivity index (χ3v) is 13.8. The fourth-order valence-corrected chi connectivity index (χ4v) is 9.51. The minimum atomic E-state index is -4.87. The van der Waals surface area contributed by atoms with Crippen LogP contribution < -0.4 is 14.2 Å². The molecule has 6 rings (SSSR count). The van der Waals surface area contributed by atoms with Gasteiger partial charge in [-0.05, 0) is 82.3 Å². The molecular formula is C40H51F3N4O9S. The molecular weight excluding hydrogens is 770 g/mol. The second-order valence-electron chi connectivity index (χ2n) is 16.7. The highest BCUT2D eigenvalue weighted by Gasteiger charge is 2.62. The van der Waals surface area contributed by atoms with Gasteiger partial charge in [0.15, 0.2) is 5.78 Å². The van der Waals surface area contributed by atoms with Crippen LogP contribution in [0.25, 0.3) is 10.9 Å². The van der Waals surface area contributed by atoms with Crippen LogP contribution in [0.3, 0.4) is 0 Å². The summed E-state index contributed by atoms with van der Waals surface area (Å²) in [5, 5.41) is 0.0392. The molecule has 57 heavy (non-hydrogen) atoms. The van der Waals surface area contributed by atoms with E-state index in [2.05, 4.69) is 14.7 Å². The summed E-state index contributed by atoms with van der Waals surface area (Å²) in [6.07, 6.45) is 1.79. The molecule has 3 heterocycles. The normalized spacial score (nSPS) is 29.4. The number of ketones is 1. The van der Waals surface area contributed by atoms with Crippen molar-refractivity contribution in [2.45, 2.75) is 121 Å². The molecule has 13 nitrogen and oxygen atoms in total. The Bertz CT molecular complexity index is 2020. The van der Waals surface area contributed by atoms with E-state index in [0.717, 1.165) is 13.8 Å².